The monoisotopic (exact) mass is 239 g/mol. The summed E-state index contributed by atoms with van der Waals surface area (Å²) in [5, 5.41) is 8.89. The van der Waals surface area contributed by atoms with Gasteiger partial charge in [-0.2, -0.15) is 5.26 Å². The molecule has 0 atom stereocenters. The zero-order chi connectivity index (χ0) is 12.0. The number of nitrogens with zero attached hydrogens (tertiary/aromatic N) is 3. The number of carbonyl (C=O) groups is 1. The summed E-state index contributed by atoms with van der Waals surface area (Å²) in [7, 11) is 1.68. The van der Waals surface area contributed by atoms with E-state index in [2.05, 4.69) is 4.98 Å². The summed E-state index contributed by atoms with van der Waals surface area (Å²) in [6, 6.07) is 2.00. The zero-order valence-corrected chi connectivity index (χ0v) is 10.1. The number of rotatable bonds is 5. The second-order valence-electron chi connectivity index (χ2n) is 3.27. The van der Waals surface area contributed by atoms with Gasteiger partial charge in [0.2, 0.25) is 5.91 Å². The maximum absolute atomic E-state index is 11.6. The Hall–Kier alpha value is -1.48. The van der Waals surface area contributed by atoms with Crippen molar-refractivity contribution in [2.75, 3.05) is 19.3 Å². The first-order valence-electron chi connectivity index (χ1n) is 4.79. The number of amides is 1. The predicted molar refractivity (Wildman–Crippen MR) is 59.8 cm³/mol. The molecule has 86 valence electrons. The highest BCUT2D eigenvalue weighted by molar-refractivity contribution is 7.99. The van der Waals surface area contributed by atoms with Crippen LogP contribution in [0.2, 0.25) is 0 Å². The van der Waals surface area contributed by atoms with Crippen molar-refractivity contribution in [3.05, 3.63) is 12.0 Å². The van der Waals surface area contributed by atoms with E-state index in [1.807, 2.05) is 13.0 Å². The molecule has 5 nitrogen and oxygen atoms in total. The molecule has 1 rings (SSSR count). The molecule has 0 unspecified atom stereocenters. The SMILES string of the molecule is Cc1coc(SCC(=O)N(C)CCC#N)n1. The Labute approximate surface area is 98.4 Å². The Bertz CT molecular complexity index is 397. The third kappa shape index (κ3) is 3.95. The van der Waals surface area contributed by atoms with E-state index in [9.17, 15) is 4.79 Å². The van der Waals surface area contributed by atoms with Crippen LogP contribution in [0.15, 0.2) is 15.9 Å². The van der Waals surface area contributed by atoms with E-state index in [1.165, 1.54) is 16.7 Å². The molecule has 0 radical (unpaired) electrons. The van der Waals surface area contributed by atoms with E-state index < -0.39 is 0 Å². The van der Waals surface area contributed by atoms with Crippen LogP contribution in [0.5, 0.6) is 0 Å². The Morgan fingerprint density at radius 1 is 1.75 bits per heavy atom. The Morgan fingerprint density at radius 2 is 2.50 bits per heavy atom. The maximum Gasteiger partial charge on any atom is 0.256 e. The van der Waals surface area contributed by atoms with Crippen LogP contribution in [0.3, 0.4) is 0 Å². The van der Waals surface area contributed by atoms with Crippen molar-refractivity contribution in [2.24, 2.45) is 0 Å². The van der Waals surface area contributed by atoms with Crippen molar-refractivity contribution in [3.8, 4) is 6.07 Å². The van der Waals surface area contributed by atoms with Gasteiger partial charge in [0.15, 0.2) is 0 Å². The minimum Gasteiger partial charge on any atom is -0.440 e. The van der Waals surface area contributed by atoms with Gasteiger partial charge >= 0.3 is 0 Å². The molecule has 0 aromatic carbocycles. The van der Waals surface area contributed by atoms with Crippen LogP contribution in [-0.4, -0.2) is 35.1 Å². The quantitative estimate of drug-likeness (QED) is 0.727. The molecule has 0 aliphatic heterocycles. The number of oxazole rings is 1. The fraction of sp³-hybridized carbons (Fsp3) is 0.500. The zero-order valence-electron chi connectivity index (χ0n) is 9.27. The number of aromatic nitrogens is 1. The van der Waals surface area contributed by atoms with Crippen LogP contribution in [0.25, 0.3) is 0 Å². The summed E-state index contributed by atoms with van der Waals surface area (Å²) in [6.45, 7) is 2.29. The lowest BCUT2D eigenvalue weighted by atomic mass is 10.4. The molecular formula is C10H13N3O2S. The fourth-order valence-corrected chi connectivity index (χ4v) is 1.77. The number of hydrogen-bond donors (Lipinski definition) is 0. The van der Waals surface area contributed by atoms with Gasteiger partial charge in [0.1, 0.15) is 6.26 Å². The van der Waals surface area contributed by atoms with Gasteiger partial charge < -0.3 is 9.32 Å². The van der Waals surface area contributed by atoms with Crippen LogP contribution >= 0.6 is 11.8 Å². The third-order valence-electron chi connectivity index (χ3n) is 1.90. The molecular weight excluding hydrogens is 226 g/mol. The molecule has 1 amide bonds. The molecule has 0 fully saturated rings. The van der Waals surface area contributed by atoms with Gasteiger partial charge in [0, 0.05) is 13.6 Å². The van der Waals surface area contributed by atoms with Crippen molar-refractivity contribution in [1.29, 1.82) is 5.26 Å². The molecule has 0 saturated heterocycles. The molecule has 0 aliphatic carbocycles. The second kappa shape index (κ2) is 6.18. The standard InChI is InChI=1S/C10H13N3O2S/c1-8-6-15-10(12-8)16-7-9(14)13(2)5-3-4-11/h6H,3,5,7H2,1-2H3. The lowest BCUT2D eigenvalue weighted by molar-refractivity contribution is -0.127. The molecule has 0 aliphatic rings. The normalized spacial score (nSPS) is 9.81. The summed E-state index contributed by atoms with van der Waals surface area (Å²) in [5.41, 5.74) is 0.799. The van der Waals surface area contributed by atoms with Crippen LogP contribution < -0.4 is 0 Å². The van der Waals surface area contributed by atoms with Gasteiger partial charge in [-0.25, -0.2) is 4.98 Å². The number of aryl methyl sites for hydroxylation is 1. The first-order chi connectivity index (χ1) is 7.63. The Morgan fingerprint density at radius 3 is 3.06 bits per heavy atom. The smallest absolute Gasteiger partial charge is 0.256 e. The minimum absolute atomic E-state index is 0.0314. The van der Waals surface area contributed by atoms with Crippen LogP contribution in [0, 0.1) is 18.3 Å². The predicted octanol–water partition coefficient (Wildman–Crippen LogP) is 1.45. The third-order valence-corrected chi connectivity index (χ3v) is 2.73. The van der Waals surface area contributed by atoms with Gasteiger partial charge in [-0.1, -0.05) is 11.8 Å². The molecule has 6 heteroatoms. The van der Waals surface area contributed by atoms with E-state index in [4.69, 9.17) is 9.68 Å². The van der Waals surface area contributed by atoms with Gasteiger partial charge in [0.25, 0.3) is 5.22 Å². The van der Waals surface area contributed by atoms with Gasteiger partial charge in [-0.05, 0) is 6.92 Å². The van der Waals surface area contributed by atoms with Crippen LogP contribution in [-0.2, 0) is 4.79 Å². The molecule has 16 heavy (non-hydrogen) atoms. The lowest BCUT2D eigenvalue weighted by Crippen LogP contribution is -2.29. The summed E-state index contributed by atoms with van der Waals surface area (Å²) in [5.74, 6) is 0.248. The fourth-order valence-electron chi connectivity index (χ4n) is 0.975. The van der Waals surface area contributed by atoms with E-state index in [-0.39, 0.29) is 11.7 Å². The highest BCUT2D eigenvalue weighted by atomic mass is 32.2. The van der Waals surface area contributed by atoms with Crippen molar-refractivity contribution >= 4 is 17.7 Å². The maximum atomic E-state index is 11.6. The average molecular weight is 239 g/mol. The van der Waals surface area contributed by atoms with Crippen molar-refractivity contribution in [1.82, 2.24) is 9.88 Å². The van der Waals surface area contributed by atoms with E-state index >= 15 is 0 Å². The number of thioether (sulfide) groups is 1. The van der Waals surface area contributed by atoms with E-state index in [1.54, 1.807) is 13.3 Å². The number of nitriles is 1. The second-order valence-corrected chi connectivity index (χ2v) is 4.19. The Balaban J connectivity index is 2.32. The summed E-state index contributed by atoms with van der Waals surface area (Å²) >= 11 is 1.26. The molecule has 1 aromatic rings. The van der Waals surface area contributed by atoms with E-state index in [0.717, 1.165) is 5.69 Å². The average Bonchev–Trinajstić information content (AvgIpc) is 2.68. The van der Waals surface area contributed by atoms with E-state index in [0.29, 0.717) is 18.2 Å². The molecule has 0 spiro atoms. The van der Waals surface area contributed by atoms with Gasteiger partial charge in [-0.15, -0.1) is 0 Å². The Kier molecular flexibility index (Phi) is 4.86. The van der Waals surface area contributed by atoms with Crippen molar-refractivity contribution < 1.29 is 9.21 Å². The molecule has 1 heterocycles. The van der Waals surface area contributed by atoms with Crippen LogP contribution in [0.4, 0.5) is 0 Å². The van der Waals surface area contributed by atoms with Crippen LogP contribution in [0.1, 0.15) is 12.1 Å². The molecule has 0 N–H and O–H groups in total. The highest BCUT2D eigenvalue weighted by Gasteiger charge is 2.10. The topological polar surface area (TPSA) is 70.1 Å². The number of hydrogen-bond acceptors (Lipinski definition) is 5. The van der Waals surface area contributed by atoms with Crippen molar-refractivity contribution in [3.63, 3.8) is 0 Å². The molecule has 0 bridgehead atoms. The summed E-state index contributed by atoms with van der Waals surface area (Å²) < 4.78 is 5.10. The first-order valence-corrected chi connectivity index (χ1v) is 5.78. The highest BCUT2D eigenvalue weighted by Crippen LogP contribution is 2.16. The first kappa shape index (κ1) is 12.6. The largest absolute Gasteiger partial charge is 0.440 e. The minimum atomic E-state index is -0.0314. The van der Waals surface area contributed by atoms with Gasteiger partial charge in [-0.3, -0.25) is 4.79 Å². The molecule has 1 aromatic heterocycles. The lowest BCUT2D eigenvalue weighted by Gasteiger charge is -2.14. The summed E-state index contributed by atoms with van der Waals surface area (Å²) in [4.78, 5) is 17.2. The molecule has 0 saturated carbocycles. The number of carbonyl (C=O) groups excluding carboxylic acids is 1. The van der Waals surface area contributed by atoms with Crippen molar-refractivity contribution in [2.45, 2.75) is 18.6 Å². The summed E-state index contributed by atoms with van der Waals surface area (Å²) in [6.07, 6.45) is 1.90. The van der Waals surface area contributed by atoms with Gasteiger partial charge in [0.05, 0.1) is 23.9 Å².